The Bertz CT molecular complexity index is 792. The van der Waals surface area contributed by atoms with E-state index in [0.29, 0.717) is 0 Å². The normalized spacial score (nSPS) is 15.6. The van der Waals surface area contributed by atoms with Crippen LogP contribution in [0.25, 0.3) is 0 Å². The SMILES string of the molecule is CN=C(NCCc1ccc(OC)c(OC)c1)NCC(c1ccco1)N1CCCCC1.I. The van der Waals surface area contributed by atoms with Crippen LogP contribution in [0.4, 0.5) is 0 Å². The summed E-state index contributed by atoms with van der Waals surface area (Å²) in [5, 5.41) is 6.88. The van der Waals surface area contributed by atoms with Gasteiger partial charge in [0.15, 0.2) is 17.5 Å². The molecule has 1 atom stereocenters. The van der Waals surface area contributed by atoms with Crippen LogP contribution >= 0.6 is 24.0 Å². The number of halogens is 1. The molecule has 1 aliphatic rings. The smallest absolute Gasteiger partial charge is 0.191 e. The number of benzene rings is 1. The van der Waals surface area contributed by atoms with Crippen molar-refractivity contribution in [2.75, 3.05) is 47.4 Å². The monoisotopic (exact) mass is 542 g/mol. The molecule has 1 saturated heterocycles. The molecule has 3 rings (SSSR count). The summed E-state index contributed by atoms with van der Waals surface area (Å²) in [7, 11) is 5.10. The molecular formula is C23H35IN4O3. The molecule has 1 aromatic carbocycles. The van der Waals surface area contributed by atoms with Crippen LogP contribution in [-0.2, 0) is 6.42 Å². The number of hydrogen-bond acceptors (Lipinski definition) is 5. The first-order valence-electron chi connectivity index (χ1n) is 10.7. The minimum Gasteiger partial charge on any atom is -0.493 e. The third-order valence-corrected chi connectivity index (χ3v) is 5.54. The zero-order valence-corrected chi connectivity index (χ0v) is 21.1. The first kappa shape index (κ1) is 25.3. The Kier molecular flexibility index (Phi) is 11.0. The third-order valence-electron chi connectivity index (χ3n) is 5.54. The van der Waals surface area contributed by atoms with Crippen LogP contribution in [-0.4, -0.2) is 58.3 Å². The number of likely N-dealkylation sites (tertiary alicyclic amines) is 1. The highest BCUT2D eigenvalue weighted by atomic mass is 127. The average Bonchev–Trinajstić information content (AvgIpc) is 3.33. The van der Waals surface area contributed by atoms with Gasteiger partial charge in [0.25, 0.3) is 0 Å². The Morgan fingerprint density at radius 3 is 2.52 bits per heavy atom. The summed E-state index contributed by atoms with van der Waals surface area (Å²) >= 11 is 0. The number of guanidine groups is 1. The fraction of sp³-hybridized carbons (Fsp3) is 0.522. The maximum atomic E-state index is 5.73. The van der Waals surface area contributed by atoms with E-state index in [1.165, 1.54) is 24.8 Å². The van der Waals surface area contributed by atoms with Gasteiger partial charge in [0.2, 0.25) is 0 Å². The minimum absolute atomic E-state index is 0. The van der Waals surface area contributed by atoms with Crippen molar-refractivity contribution in [3.8, 4) is 11.5 Å². The molecule has 0 aliphatic carbocycles. The van der Waals surface area contributed by atoms with Crippen molar-refractivity contribution in [1.29, 1.82) is 0 Å². The van der Waals surface area contributed by atoms with Gasteiger partial charge in [-0.1, -0.05) is 12.5 Å². The lowest BCUT2D eigenvalue weighted by atomic mass is 10.1. The van der Waals surface area contributed by atoms with E-state index in [2.05, 4.69) is 32.7 Å². The van der Waals surface area contributed by atoms with Crippen molar-refractivity contribution < 1.29 is 13.9 Å². The number of furan rings is 1. The average molecular weight is 542 g/mol. The topological polar surface area (TPSA) is 71.3 Å². The summed E-state index contributed by atoms with van der Waals surface area (Å²) in [4.78, 5) is 6.89. The molecule has 0 radical (unpaired) electrons. The van der Waals surface area contributed by atoms with Gasteiger partial charge in [0.05, 0.1) is 26.5 Å². The first-order chi connectivity index (χ1) is 14.7. The van der Waals surface area contributed by atoms with Gasteiger partial charge in [-0.3, -0.25) is 9.89 Å². The van der Waals surface area contributed by atoms with Crippen molar-refractivity contribution in [3.05, 3.63) is 47.9 Å². The second-order valence-electron chi connectivity index (χ2n) is 7.45. The number of aliphatic imine (C=N–C) groups is 1. The molecule has 0 bridgehead atoms. The number of ether oxygens (including phenoxy) is 2. The molecule has 7 nitrogen and oxygen atoms in total. The zero-order chi connectivity index (χ0) is 21.2. The molecule has 1 aliphatic heterocycles. The Balaban J connectivity index is 0.00000341. The molecule has 2 aromatic rings. The Labute approximate surface area is 202 Å². The predicted octanol–water partition coefficient (Wildman–Crippen LogP) is 3.85. The van der Waals surface area contributed by atoms with E-state index in [1.807, 2.05) is 18.2 Å². The third kappa shape index (κ3) is 7.31. The summed E-state index contributed by atoms with van der Waals surface area (Å²) in [6.45, 7) is 3.74. The van der Waals surface area contributed by atoms with Gasteiger partial charge < -0.3 is 24.5 Å². The summed E-state index contributed by atoms with van der Waals surface area (Å²) in [5.41, 5.74) is 1.18. The van der Waals surface area contributed by atoms with Crippen LogP contribution in [0, 0.1) is 0 Å². The largest absolute Gasteiger partial charge is 0.493 e. The molecule has 1 aromatic heterocycles. The number of methoxy groups -OCH3 is 2. The molecule has 1 unspecified atom stereocenters. The maximum absolute atomic E-state index is 5.73. The van der Waals surface area contributed by atoms with Crippen LogP contribution in [0.1, 0.15) is 36.6 Å². The number of rotatable bonds is 9. The van der Waals surface area contributed by atoms with E-state index in [0.717, 1.165) is 55.8 Å². The molecule has 0 spiro atoms. The predicted molar refractivity (Wildman–Crippen MR) is 135 cm³/mol. The van der Waals surface area contributed by atoms with Gasteiger partial charge in [-0.15, -0.1) is 24.0 Å². The molecule has 2 heterocycles. The highest BCUT2D eigenvalue weighted by molar-refractivity contribution is 14.0. The minimum atomic E-state index is 0. The van der Waals surface area contributed by atoms with Gasteiger partial charge in [-0.05, 0) is 62.2 Å². The van der Waals surface area contributed by atoms with Crippen LogP contribution in [0.3, 0.4) is 0 Å². The van der Waals surface area contributed by atoms with Crippen LogP contribution < -0.4 is 20.1 Å². The summed E-state index contributed by atoms with van der Waals surface area (Å²) in [6, 6.07) is 10.2. The highest BCUT2D eigenvalue weighted by Gasteiger charge is 2.24. The lowest BCUT2D eigenvalue weighted by molar-refractivity contribution is 0.146. The fourth-order valence-corrected chi connectivity index (χ4v) is 3.90. The highest BCUT2D eigenvalue weighted by Crippen LogP contribution is 2.27. The second kappa shape index (κ2) is 13.5. The van der Waals surface area contributed by atoms with Gasteiger partial charge >= 0.3 is 0 Å². The molecule has 8 heteroatoms. The number of piperidine rings is 1. The lowest BCUT2D eigenvalue weighted by Crippen LogP contribution is -2.44. The fourth-order valence-electron chi connectivity index (χ4n) is 3.90. The molecular weight excluding hydrogens is 507 g/mol. The standard InChI is InChI=1S/C23H34N4O3.HI/c1-24-23(25-12-11-18-9-10-21(28-2)22(16-18)29-3)26-17-19(20-8-7-15-30-20)27-13-5-4-6-14-27;/h7-10,15-16,19H,4-6,11-14,17H2,1-3H3,(H2,24,25,26);1H. The van der Waals surface area contributed by atoms with Crippen LogP contribution in [0.2, 0.25) is 0 Å². The summed E-state index contributed by atoms with van der Waals surface area (Å²) in [6.07, 6.45) is 6.41. The number of nitrogens with zero attached hydrogens (tertiary/aromatic N) is 2. The number of hydrogen-bond donors (Lipinski definition) is 2. The number of nitrogens with one attached hydrogen (secondary N) is 2. The quantitative estimate of drug-likeness (QED) is 0.285. The second-order valence-corrected chi connectivity index (χ2v) is 7.45. The van der Waals surface area contributed by atoms with Crippen molar-refractivity contribution in [2.24, 2.45) is 4.99 Å². The van der Waals surface area contributed by atoms with Gasteiger partial charge in [0.1, 0.15) is 5.76 Å². The summed E-state index contributed by atoms with van der Waals surface area (Å²) in [5.74, 6) is 3.29. The van der Waals surface area contributed by atoms with E-state index >= 15 is 0 Å². The Morgan fingerprint density at radius 1 is 1.10 bits per heavy atom. The van der Waals surface area contributed by atoms with E-state index in [-0.39, 0.29) is 30.0 Å². The lowest BCUT2D eigenvalue weighted by Gasteiger charge is -2.33. The van der Waals surface area contributed by atoms with E-state index in [4.69, 9.17) is 13.9 Å². The maximum Gasteiger partial charge on any atom is 0.191 e. The Hall–Kier alpha value is -1.94. The Morgan fingerprint density at radius 2 is 1.87 bits per heavy atom. The van der Waals surface area contributed by atoms with Gasteiger partial charge in [-0.25, -0.2) is 0 Å². The van der Waals surface area contributed by atoms with E-state index < -0.39 is 0 Å². The zero-order valence-electron chi connectivity index (χ0n) is 18.7. The van der Waals surface area contributed by atoms with Gasteiger partial charge in [-0.2, -0.15) is 0 Å². The summed E-state index contributed by atoms with van der Waals surface area (Å²) < 4.78 is 16.4. The van der Waals surface area contributed by atoms with Crippen molar-refractivity contribution in [3.63, 3.8) is 0 Å². The van der Waals surface area contributed by atoms with E-state index in [1.54, 1.807) is 27.5 Å². The molecule has 0 amide bonds. The van der Waals surface area contributed by atoms with Gasteiger partial charge in [0, 0.05) is 20.1 Å². The van der Waals surface area contributed by atoms with Crippen LogP contribution in [0.15, 0.2) is 46.0 Å². The molecule has 0 saturated carbocycles. The molecule has 31 heavy (non-hydrogen) atoms. The van der Waals surface area contributed by atoms with Crippen molar-refractivity contribution in [2.45, 2.75) is 31.7 Å². The first-order valence-corrected chi connectivity index (χ1v) is 10.7. The van der Waals surface area contributed by atoms with E-state index in [9.17, 15) is 0 Å². The molecule has 2 N–H and O–H groups in total. The molecule has 172 valence electrons. The molecule has 1 fully saturated rings. The van der Waals surface area contributed by atoms with Crippen molar-refractivity contribution >= 4 is 29.9 Å². The van der Waals surface area contributed by atoms with Crippen molar-refractivity contribution in [1.82, 2.24) is 15.5 Å². The van der Waals surface area contributed by atoms with Crippen LogP contribution in [0.5, 0.6) is 11.5 Å².